The Balaban J connectivity index is 2.12. The van der Waals surface area contributed by atoms with Crippen LogP contribution < -0.4 is 5.32 Å². The molecular weight excluding hydrogens is 184 g/mol. The summed E-state index contributed by atoms with van der Waals surface area (Å²) in [5.74, 6) is 1.15. The molecule has 0 aliphatic carbocycles. The van der Waals surface area contributed by atoms with E-state index >= 15 is 0 Å². The molecule has 0 radical (unpaired) electrons. The maximum atomic E-state index is 4.51. The second-order valence-corrected chi connectivity index (χ2v) is 3.92. The molecule has 1 heterocycles. The van der Waals surface area contributed by atoms with Crippen molar-refractivity contribution >= 4 is 11.5 Å². The number of aryl methyl sites for hydroxylation is 1. The predicted molar refractivity (Wildman–Crippen MR) is 65.6 cm³/mol. The molecule has 0 aromatic heterocycles. The van der Waals surface area contributed by atoms with E-state index < -0.39 is 0 Å². The van der Waals surface area contributed by atoms with Crippen LogP contribution in [0.15, 0.2) is 29.3 Å². The number of rotatable bonds is 2. The highest BCUT2D eigenvalue weighted by atomic mass is 15.0. The van der Waals surface area contributed by atoms with Crippen molar-refractivity contribution in [2.24, 2.45) is 4.99 Å². The lowest BCUT2D eigenvalue weighted by atomic mass is 10.1. The summed E-state index contributed by atoms with van der Waals surface area (Å²) in [4.78, 5) is 4.51. The Hall–Kier alpha value is -1.31. The highest BCUT2D eigenvalue weighted by Gasteiger charge is 2.06. The molecule has 0 amide bonds. The number of nitrogens with zero attached hydrogens (tertiary/aromatic N) is 1. The molecule has 1 aliphatic rings. The monoisotopic (exact) mass is 202 g/mol. The summed E-state index contributed by atoms with van der Waals surface area (Å²) in [6.07, 6.45) is 4.66. The molecule has 0 fully saturated rings. The topological polar surface area (TPSA) is 24.4 Å². The molecule has 15 heavy (non-hydrogen) atoms. The average molecular weight is 202 g/mol. The van der Waals surface area contributed by atoms with Gasteiger partial charge in [-0.1, -0.05) is 25.1 Å². The number of hydrogen-bond donors (Lipinski definition) is 1. The predicted octanol–water partition coefficient (Wildman–Crippen LogP) is 3.24. The zero-order valence-corrected chi connectivity index (χ0v) is 9.29. The van der Waals surface area contributed by atoms with Gasteiger partial charge in [-0.3, -0.25) is 4.99 Å². The smallest absolute Gasteiger partial charge is 0.101 e. The zero-order valence-electron chi connectivity index (χ0n) is 9.29. The fourth-order valence-electron chi connectivity index (χ4n) is 1.91. The Kier molecular flexibility index (Phi) is 3.38. The van der Waals surface area contributed by atoms with Crippen LogP contribution >= 0.6 is 0 Å². The first-order valence-electron chi connectivity index (χ1n) is 5.78. The number of anilines is 1. The number of benzene rings is 1. The minimum atomic E-state index is 0.983. The van der Waals surface area contributed by atoms with Crippen LogP contribution in [0.4, 0.5) is 5.69 Å². The minimum Gasteiger partial charge on any atom is -0.344 e. The summed E-state index contributed by atoms with van der Waals surface area (Å²) < 4.78 is 0. The molecule has 1 aromatic rings. The van der Waals surface area contributed by atoms with Crippen molar-refractivity contribution in [2.45, 2.75) is 32.6 Å². The molecule has 2 rings (SSSR count). The standard InChI is InChI=1S/C13H18N2/c1-2-11-7-3-4-8-12(11)15-13-9-5-6-10-14-13/h3-4,7-8H,2,5-6,9-10H2,1H3,(H,14,15). The highest BCUT2D eigenvalue weighted by molar-refractivity contribution is 5.96. The van der Waals surface area contributed by atoms with E-state index in [1.54, 1.807) is 0 Å². The van der Waals surface area contributed by atoms with Crippen LogP contribution in [0, 0.1) is 0 Å². The number of para-hydroxylation sites is 1. The van der Waals surface area contributed by atoms with Crippen molar-refractivity contribution < 1.29 is 0 Å². The molecule has 80 valence electrons. The molecule has 0 unspecified atom stereocenters. The third-order valence-corrected chi connectivity index (χ3v) is 2.80. The molecule has 0 bridgehead atoms. The molecule has 1 aromatic carbocycles. The second kappa shape index (κ2) is 4.96. The normalized spacial score (nSPS) is 15.9. The molecule has 1 aliphatic heterocycles. The molecule has 0 saturated carbocycles. The SMILES string of the molecule is CCc1ccccc1NC1=NCCCC1. The molecule has 1 N–H and O–H groups in total. The Labute approximate surface area is 91.4 Å². The molecular formula is C13H18N2. The lowest BCUT2D eigenvalue weighted by molar-refractivity contribution is 0.737. The first-order valence-corrected chi connectivity index (χ1v) is 5.78. The van der Waals surface area contributed by atoms with Gasteiger partial charge in [-0.15, -0.1) is 0 Å². The van der Waals surface area contributed by atoms with E-state index in [4.69, 9.17) is 0 Å². The molecule has 2 nitrogen and oxygen atoms in total. The van der Waals surface area contributed by atoms with Crippen molar-refractivity contribution in [3.8, 4) is 0 Å². The van der Waals surface area contributed by atoms with Crippen LogP contribution in [0.3, 0.4) is 0 Å². The van der Waals surface area contributed by atoms with Crippen molar-refractivity contribution in [3.63, 3.8) is 0 Å². The largest absolute Gasteiger partial charge is 0.344 e. The molecule has 0 spiro atoms. The van der Waals surface area contributed by atoms with E-state index in [2.05, 4.69) is 41.5 Å². The van der Waals surface area contributed by atoms with Crippen LogP contribution in [-0.4, -0.2) is 12.4 Å². The van der Waals surface area contributed by atoms with Crippen LogP contribution in [0.2, 0.25) is 0 Å². The molecule has 0 saturated heterocycles. The summed E-state index contributed by atoms with van der Waals surface area (Å²) in [5, 5.41) is 3.45. The van der Waals surface area contributed by atoms with Gasteiger partial charge in [0.25, 0.3) is 0 Å². The van der Waals surface area contributed by atoms with Gasteiger partial charge in [0.2, 0.25) is 0 Å². The Bertz CT molecular complexity index is 355. The fraction of sp³-hybridized carbons (Fsp3) is 0.462. The van der Waals surface area contributed by atoms with E-state index in [9.17, 15) is 0 Å². The van der Waals surface area contributed by atoms with Gasteiger partial charge >= 0.3 is 0 Å². The molecule has 2 heteroatoms. The third kappa shape index (κ3) is 2.58. The van der Waals surface area contributed by atoms with Crippen LogP contribution in [-0.2, 0) is 6.42 Å². The zero-order chi connectivity index (χ0) is 10.5. The fourth-order valence-corrected chi connectivity index (χ4v) is 1.91. The van der Waals surface area contributed by atoms with Gasteiger partial charge in [0.1, 0.15) is 5.84 Å². The van der Waals surface area contributed by atoms with Crippen molar-refractivity contribution in [3.05, 3.63) is 29.8 Å². The van der Waals surface area contributed by atoms with Crippen molar-refractivity contribution in [1.82, 2.24) is 0 Å². The summed E-state index contributed by atoms with van der Waals surface area (Å²) in [7, 11) is 0. The summed E-state index contributed by atoms with van der Waals surface area (Å²) in [5.41, 5.74) is 2.59. The second-order valence-electron chi connectivity index (χ2n) is 3.92. The van der Waals surface area contributed by atoms with Gasteiger partial charge in [0, 0.05) is 18.7 Å². The Morgan fingerprint density at radius 2 is 2.13 bits per heavy atom. The van der Waals surface area contributed by atoms with Gasteiger partial charge in [-0.2, -0.15) is 0 Å². The number of amidine groups is 1. The Morgan fingerprint density at radius 1 is 1.27 bits per heavy atom. The lowest BCUT2D eigenvalue weighted by Gasteiger charge is -2.16. The van der Waals surface area contributed by atoms with Gasteiger partial charge in [-0.25, -0.2) is 0 Å². The maximum absolute atomic E-state index is 4.51. The Morgan fingerprint density at radius 3 is 2.87 bits per heavy atom. The average Bonchev–Trinajstić information content (AvgIpc) is 2.31. The number of hydrogen-bond acceptors (Lipinski definition) is 2. The van der Waals surface area contributed by atoms with Crippen LogP contribution in [0.1, 0.15) is 31.7 Å². The van der Waals surface area contributed by atoms with Crippen LogP contribution in [0.25, 0.3) is 0 Å². The number of aliphatic imine (C=N–C) groups is 1. The highest BCUT2D eigenvalue weighted by Crippen LogP contribution is 2.17. The molecule has 0 atom stereocenters. The number of nitrogens with one attached hydrogen (secondary N) is 1. The van der Waals surface area contributed by atoms with Gasteiger partial charge in [0.05, 0.1) is 0 Å². The van der Waals surface area contributed by atoms with E-state index in [1.807, 2.05) is 0 Å². The van der Waals surface area contributed by atoms with E-state index in [-0.39, 0.29) is 0 Å². The quantitative estimate of drug-likeness (QED) is 0.782. The van der Waals surface area contributed by atoms with E-state index in [0.717, 1.165) is 25.2 Å². The van der Waals surface area contributed by atoms with Gasteiger partial charge < -0.3 is 5.32 Å². The van der Waals surface area contributed by atoms with E-state index in [0.29, 0.717) is 0 Å². The van der Waals surface area contributed by atoms with Crippen molar-refractivity contribution in [2.75, 3.05) is 11.9 Å². The van der Waals surface area contributed by atoms with Gasteiger partial charge in [-0.05, 0) is 30.9 Å². The lowest BCUT2D eigenvalue weighted by Crippen LogP contribution is -2.16. The van der Waals surface area contributed by atoms with Crippen molar-refractivity contribution in [1.29, 1.82) is 0 Å². The van der Waals surface area contributed by atoms with E-state index in [1.165, 1.54) is 24.1 Å². The third-order valence-electron chi connectivity index (χ3n) is 2.80. The first kappa shape index (κ1) is 10.2. The summed E-state index contributed by atoms with van der Waals surface area (Å²) in [6.45, 7) is 3.17. The summed E-state index contributed by atoms with van der Waals surface area (Å²) in [6, 6.07) is 8.47. The first-order chi connectivity index (χ1) is 7.40. The minimum absolute atomic E-state index is 0.983. The van der Waals surface area contributed by atoms with Gasteiger partial charge in [0.15, 0.2) is 0 Å². The van der Waals surface area contributed by atoms with Crippen LogP contribution in [0.5, 0.6) is 0 Å². The summed E-state index contributed by atoms with van der Waals surface area (Å²) >= 11 is 0. The maximum Gasteiger partial charge on any atom is 0.101 e.